The first-order valence-electron chi connectivity index (χ1n) is 0. The van der Waals surface area contributed by atoms with E-state index in [2.05, 4.69) is 0 Å². The fraction of sp³-hybridized carbons (Fsp3) is 0. The maximum absolute atomic E-state index is 0. The van der Waals surface area contributed by atoms with Crippen LogP contribution >= 0.6 is 0 Å². The average Bonchev–Trinajstić information content (AvgIpc) is 0. The molecular formula is HFeLiMgO3. The second kappa shape index (κ2) is 72.3. The van der Waals surface area contributed by atoms with Crippen molar-refractivity contribution in [3.05, 3.63) is 0 Å². The van der Waals surface area contributed by atoms with E-state index in [-0.39, 0.29) is 75.4 Å². The zero-order chi connectivity index (χ0) is 0. The molecule has 0 heterocycles. The summed E-state index contributed by atoms with van der Waals surface area (Å²) in [6.07, 6.45) is 0. The SMILES string of the molecule is [Fe+2].[Li+].[Mg+2].[O-2].[O-2].[OH-]. The molecular weight excluding hydrogens is 135 g/mol. The van der Waals surface area contributed by atoms with Crippen LogP contribution in [0.25, 0.3) is 0 Å². The molecule has 30 valence electrons. The Kier molecular flexibility index (Phi) is 1380. The Morgan fingerprint density at radius 2 is 0.833 bits per heavy atom. The van der Waals surface area contributed by atoms with Crippen LogP contribution < -0.4 is 18.9 Å². The smallest absolute Gasteiger partial charge is 2.00 e. The summed E-state index contributed by atoms with van der Waals surface area (Å²) in [5, 5.41) is 0. The summed E-state index contributed by atoms with van der Waals surface area (Å²) < 4.78 is 0. The van der Waals surface area contributed by atoms with E-state index in [1.807, 2.05) is 0 Å². The summed E-state index contributed by atoms with van der Waals surface area (Å²) in [4.78, 5) is 0. The molecule has 0 saturated carbocycles. The molecule has 3 nitrogen and oxygen atoms in total. The molecule has 0 aliphatic rings. The van der Waals surface area contributed by atoms with Crippen molar-refractivity contribution < 1.29 is 52.4 Å². The summed E-state index contributed by atoms with van der Waals surface area (Å²) in [5.74, 6) is 0. The quantitative estimate of drug-likeness (QED) is 0.314. The fourth-order valence-corrected chi connectivity index (χ4v) is 0. The predicted octanol–water partition coefficient (Wildman–Crippen LogP) is -3.79. The molecule has 0 unspecified atom stereocenters. The van der Waals surface area contributed by atoms with E-state index in [0.29, 0.717) is 0 Å². The van der Waals surface area contributed by atoms with Gasteiger partial charge in [0.2, 0.25) is 0 Å². The van der Waals surface area contributed by atoms with Crippen LogP contribution in [0.15, 0.2) is 0 Å². The first-order chi connectivity index (χ1) is 0. The minimum atomic E-state index is 0. The maximum atomic E-state index is 0. The van der Waals surface area contributed by atoms with E-state index in [4.69, 9.17) is 0 Å². The van der Waals surface area contributed by atoms with Gasteiger partial charge in [-0.3, -0.25) is 0 Å². The molecule has 6 heavy (non-hydrogen) atoms. The molecule has 0 atom stereocenters. The zero-order valence-corrected chi connectivity index (χ0v) is 5.84. The summed E-state index contributed by atoms with van der Waals surface area (Å²) in [6, 6.07) is 0. The van der Waals surface area contributed by atoms with Crippen LogP contribution in [0.1, 0.15) is 0 Å². The molecule has 0 spiro atoms. The van der Waals surface area contributed by atoms with Crippen molar-refractivity contribution in [1.29, 1.82) is 0 Å². The maximum Gasteiger partial charge on any atom is 2.00 e. The molecule has 0 aliphatic heterocycles. The summed E-state index contributed by atoms with van der Waals surface area (Å²) in [7, 11) is 0. The van der Waals surface area contributed by atoms with Gasteiger partial charge in [-0.1, -0.05) is 0 Å². The number of hydrogen-bond acceptors (Lipinski definition) is 1. The van der Waals surface area contributed by atoms with Crippen LogP contribution in [0.2, 0.25) is 0 Å². The third-order valence-corrected chi connectivity index (χ3v) is 0. The zero-order valence-electron chi connectivity index (χ0n) is 3.32. The Hall–Kier alpha value is 1.76. The Bertz CT molecular complexity index is 10.8. The molecule has 0 rings (SSSR count). The predicted molar refractivity (Wildman–Crippen MR) is 9.06 cm³/mol. The Morgan fingerprint density at radius 1 is 0.833 bits per heavy atom. The molecule has 6 heteroatoms. The third kappa shape index (κ3) is 42.1. The molecule has 0 bridgehead atoms. The molecule has 0 aromatic rings. The van der Waals surface area contributed by atoms with E-state index < -0.39 is 0 Å². The first-order valence-corrected chi connectivity index (χ1v) is 0. The summed E-state index contributed by atoms with van der Waals surface area (Å²) >= 11 is 0. The van der Waals surface area contributed by atoms with Crippen molar-refractivity contribution in [2.75, 3.05) is 0 Å². The van der Waals surface area contributed by atoms with Crippen LogP contribution in [0.5, 0.6) is 0 Å². The first kappa shape index (κ1) is 114. The van der Waals surface area contributed by atoms with Crippen LogP contribution in [-0.4, -0.2) is 28.5 Å². The van der Waals surface area contributed by atoms with Gasteiger partial charge >= 0.3 is 59.0 Å². The normalized spacial score (nSPS) is 0. The van der Waals surface area contributed by atoms with Crippen molar-refractivity contribution in [2.45, 2.75) is 0 Å². The minimum Gasteiger partial charge on any atom is -2.00 e. The van der Waals surface area contributed by atoms with Crippen molar-refractivity contribution in [2.24, 2.45) is 0 Å². The molecule has 1 N–H and O–H groups in total. The van der Waals surface area contributed by atoms with Gasteiger partial charge in [0.15, 0.2) is 0 Å². The largest absolute Gasteiger partial charge is 2.00 e. The van der Waals surface area contributed by atoms with Gasteiger partial charge in [0, 0.05) is 0 Å². The Labute approximate surface area is 75.0 Å². The van der Waals surface area contributed by atoms with Crippen molar-refractivity contribution >= 4 is 23.1 Å². The molecule has 0 amide bonds. The Morgan fingerprint density at radius 3 is 0.833 bits per heavy atom. The minimum absolute atomic E-state index is 0. The van der Waals surface area contributed by atoms with E-state index in [9.17, 15) is 0 Å². The fourth-order valence-electron chi connectivity index (χ4n) is 0. The summed E-state index contributed by atoms with van der Waals surface area (Å²) in [6.45, 7) is 0. The summed E-state index contributed by atoms with van der Waals surface area (Å²) in [5.41, 5.74) is 0. The number of hydrogen-bond donors (Lipinski definition) is 0. The van der Waals surface area contributed by atoms with E-state index in [1.54, 1.807) is 0 Å². The van der Waals surface area contributed by atoms with Crippen LogP contribution in [0, 0.1) is 0 Å². The number of rotatable bonds is 0. The molecule has 0 fully saturated rings. The van der Waals surface area contributed by atoms with Gasteiger partial charge in [0.05, 0.1) is 0 Å². The van der Waals surface area contributed by atoms with Crippen LogP contribution in [0.3, 0.4) is 0 Å². The third-order valence-electron chi connectivity index (χ3n) is 0. The van der Waals surface area contributed by atoms with Crippen molar-refractivity contribution in [3.8, 4) is 0 Å². The second-order valence-electron chi connectivity index (χ2n) is 0. The van der Waals surface area contributed by atoms with Gasteiger partial charge in [-0.2, -0.15) is 0 Å². The molecule has 0 aromatic heterocycles. The van der Waals surface area contributed by atoms with E-state index in [0.717, 1.165) is 0 Å². The van der Waals surface area contributed by atoms with Gasteiger partial charge < -0.3 is 16.4 Å². The molecule has 0 aromatic carbocycles. The molecule has 0 aliphatic carbocycles. The van der Waals surface area contributed by atoms with Crippen LogP contribution in [0.4, 0.5) is 0 Å². The van der Waals surface area contributed by atoms with Gasteiger partial charge in [0.25, 0.3) is 0 Å². The van der Waals surface area contributed by atoms with Gasteiger partial charge in [-0.15, -0.1) is 0 Å². The molecule has 0 saturated heterocycles. The monoisotopic (exact) mass is 136 g/mol. The van der Waals surface area contributed by atoms with Crippen molar-refractivity contribution in [1.82, 2.24) is 0 Å². The standard InChI is InChI=1S/Fe.Li.Mg.H2O.2O/h;;;1H2;;/q+2;+1;+2;;2*-2/p-1. The average molecular weight is 136 g/mol. The topological polar surface area (TPSA) is 87.0 Å². The molecule has 0 radical (unpaired) electrons. The second-order valence-corrected chi connectivity index (χ2v) is 0. The van der Waals surface area contributed by atoms with Gasteiger partial charge in [0.1, 0.15) is 0 Å². The Balaban J connectivity index is 0. The van der Waals surface area contributed by atoms with Gasteiger partial charge in [-0.25, -0.2) is 0 Å². The van der Waals surface area contributed by atoms with E-state index >= 15 is 0 Å². The van der Waals surface area contributed by atoms with Crippen molar-refractivity contribution in [3.63, 3.8) is 0 Å². The van der Waals surface area contributed by atoms with Crippen LogP contribution in [-0.2, 0) is 28.0 Å². The van der Waals surface area contributed by atoms with E-state index in [1.165, 1.54) is 0 Å². The van der Waals surface area contributed by atoms with Gasteiger partial charge in [-0.05, 0) is 0 Å².